The number of nitrogens with one attached hydrogen (secondary N) is 1. The predicted molar refractivity (Wildman–Crippen MR) is 93.5 cm³/mol. The largest absolute Gasteiger partial charge is 0.496 e. The number of alkyl halides is 3. The molecule has 1 aromatic heterocycles. The number of benzene rings is 2. The normalized spacial score (nSPS) is 11.2. The lowest BCUT2D eigenvalue weighted by Gasteiger charge is -2.07. The van der Waals surface area contributed by atoms with E-state index in [1.807, 2.05) is 0 Å². The van der Waals surface area contributed by atoms with Crippen LogP contribution in [0.5, 0.6) is 5.75 Å². The van der Waals surface area contributed by atoms with E-state index < -0.39 is 17.8 Å². The first-order chi connectivity index (χ1) is 12.4. The fourth-order valence-electron chi connectivity index (χ4n) is 2.35. The fraction of sp³-hybridized carbons (Fsp3) is 0.111. The molecule has 1 N–H and O–H groups in total. The molecule has 1 amide bonds. The van der Waals surface area contributed by atoms with Gasteiger partial charge >= 0.3 is 6.18 Å². The Kier molecular flexibility index (Phi) is 4.94. The Morgan fingerprint density at radius 1 is 1.08 bits per heavy atom. The highest BCUT2D eigenvalue weighted by molar-refractivity contribution is 7.19. The van der Waals surface area contributed by atoms with Gasteiger partial charge in [0.25, 0.3) is 5.91 Å². The lowest BCUT2D eigenvalue weighted by Crippen LogP contribution is -2.13. The van der Waals surface area contributed by atoms with E-state index in [-0.39, 0.29) is 15.6 Å². The van der Waals surface area contributed by atoms with E-state index in [0.717, 1.165) is 11.3 Å². The second-order valence-corrected chi connectivity index (χ2v) is 6.21. The number of hydrogen-bond acceptors (Lipinski definition) is 4. The number of carbonyl (C=O) groups is 1. The van der Waals surface area contributed by atoms with E-state index >= 15 is 0 Å². The minimum Gasteiger partial charge on any atom is -0.496 e. The molecule has 0 aliphatic carbocycles. The van der Waals surface area contributed by atoms with Crippen molar-refractivity contribution in [2.24, 2.45) is 0 Å². The minimum atomic E-state index is -4.63. The molecule has 0 aliphatic heterocycles. The fourth-order valence-corrected chi connectivity index (χ4v) is 3.33. The highest BCUT2D eigenvalue weighted by atomic mass is 32.1. The molecule has 3 rings (SSSR count). The molecule has 26 heavy (non-hydrogen) atoms. The molecule has 0 radical (unpaired) electrons. The van der Waals surface area contributed by atoms with Crippen molar-refractivity contribution >= 4 is 22.4 Å². The molecule has 2 aromatic carbocycles. The van der Waals surface area contributed by atoms with Gasteiger partial charge in [-0.2, -0.15) is 13.2 Å². The number of thiazole rings is 1. The quantitative estimate of drug-likeness (QED) is 0.688. The Bertz CT molecular complexity index is 924. The maximum atomic E-state index is 13.3. The Labute approximate surface area is 151 Å². The highest BCUT2D eigenvalue weighted by Crippen LogP contribution is 2.42. The van der Waals surface area contributed by atoms with Crippen LogP contribution in [0, 0.1) is 0 Å². The van der Waals surface area contributed by atoms with Crippen molar-refractivity contribution < 1.29 is 22.7 Å². The summed E-state index contributed by atoms with van der Waals surface area (Å²) in [5, 5.41) is 2.29. The molecule has 0 unspecified atom stereocenters. The lowest BCUT2D eigenvalue weighted by atomic mass is 10.1. The van der Waals surface area contributed by atoms with Crippen molar-refractivity contribution in [3.8, 4) is 16.2 Å². The van der Waals surface area contributed by atoms with Crippen LogP contribution in [-0.2, 0) is 6.18 Å². The molecule has 0 saturated heterocycles. The summed E-state index contributed by atoms with van der Waals surface area (Å²) in [5.74, 6) is -0.273. The molecule has 0 atom stereocenters. The van der Waals surface area contributed by atoms with Crippen molar-refractivity contribution in [2.45, 2.75) is 6.18 Å². The summed E-state index contributed by atoms with van der Waals surface area (Å²) < 4.78 is 45.1. The summed E-state index contributed by atoms with van der Waals surface area (Å²) in [7, 11) is 1.41. The van der Waals surface area contributed by atoms with Gasteiger partial charge in [0.15, 0.2) is 10.8 Å². The van der Waals surface area contributed by atoms with Crippen molar-refractivity contribution in [1.82, 2.24) is 4.98 Å². The smallest absolute Gasteiger partial charge is 0.434 e. The van der Waals surface area contributed by atoms with E-state index in [4.69, 9.17) is 4.74 Å². The van der Waals surface area contributed by atoms with Crippen molar-refractivity contribution in [3.63, 3.8) is 0 Å². The second kappa shape index (κ2) is 7.17. The SMILES string of the molecule is COc1ccccc1C(=O)Nc1nc(C(F)(F)F)c(-c2ccccc2)s1. The molecule has 8 heteroatoms. The Morgan fingerprint density at radius 2 is 1.73 bits per heavy atom. The third-order valence-electron chi connectivity index (χ3n) is 3.50. The Hall–Kier alpha value is -2.87. The third kappa shape index (κ3) is 3.70. The summed E-state index contributed by atoms with van der Waals surface area (Å²) >= 11 is 0.772. The first kappa shape index (κ1) is 17.9. The van der Waals surface area contributed by atoms with E-state index in [1.54, 1.807) is 48.5 Å². The number of nitrogens with zero attached hydrogens (tertiary/aromatic N) is 1. The van der Waals surface area contributed by atoms with Crippen LogP contribution in [0.15, 0.2) is 54.6 Å². The number of hydrogen-bond donors (Lipinski definition) is 1. The van der Waals surface area contributed by atoms with Crippen LogP contribution in [0.4, 0.5) is 18.3 Å². The van der Waals surface area contributed by atoms with Crippen LogP contribution in [0.1, 0.15) is 16.1 Å². The summed E-state index contributed by atoms with van der Waals surface area (Å²) in [6.45, 7) is 0. The van der Waals surface area contributed by atoms with Gasteiger partial charge in [-0.05, 0) is 17.7 Å². The number of halogens is 3. The van der Waals surface area contributed by atoms with Gasteiger partial charge in [-0.3, -0.25) is 10.1 Å². The molecule has 1 heterocycles. The van der Waals surface area contributed by atoms with E-state index in [9.17, 15) is 18.0 Å². The van der Waals surface area contributed by atoms with Crippen molar-refractivity contribution in [3.05, 3.63) is 65.9 Å². The number of aromatic nitrogens is 1. The standard InChI is InChI=1S/C18H13F3N2O2S/c1-25-13-10-6-5-9-12(13)16(24)23-17-22-15(18(19,20)21)14(26-17)11-7-3-2-4-8-11/h2-10H,1H3,(H,22,23,24). The van der Waals surface area contributed by atoms with Gasteiger partial charge in [-0.25, -0.2) is 4.98 Å². The van der Waals surface area contributed by atoms with Crippen molar-refractivity contribution in [2.75, 3.05) is 12.4 Å². The molecule has 0 spiro atoms. The monoisotopic (exact) mass is 378 g/mol. The molecule has 4 nitrogen and oxygen atoms in total. The third-order valence-corrected chi connectivity index (χ3v) is 4.52. The van der Waals surface area contributed by atoms with Crippen LogP contribution >= 0.6 is 11.3 Å². The number of ether oxygens (including phenoxy) is 1. The maximum Gasteiger partial charge on any atom is 0.434 e. The minimum absolute atomic E-state index is 0.0478. The zero-order valence-corrected chi connectivity index (χ0v) is 14.3. The number of para-hydroxylation sites is 1. The van der Waals surface area contributed by atoms with Crippen molar-refractivity contribution in [1.29, 1.82) is 0 Å². The topological polar surface area (TPSA) is 51.2 Å². The van der Waals surface area contributed by atoms with Gasteiger partial charge in [-0.15, -0.1) is 0 Å². The zero-order valence-electron chi connectivity index (χ0n) is 13.5. The van der Waals surface area contributed by atoms with Gasteiger partial charge in [0.2, 0.25) is 0 Å². The molecule has 0 saturated carbocycles. The number of amides is 1. The van der Waals surface area contributed by atoms with Gasteiger partial charge in [-0.1, -0.05) is 53.8 Å². The number of methoxy groups -OCH3 is 1. The van der Waals surface area contributed by atoms with Crippen LogP contribution in [0.3, 0.4) is 0 Å². The molecule has 134 valence electrons. The van der Waals surface area contributed by atoms with Gasteiger partial charge in [0, 0.05) is 0 Å². The summed E-state index contributed by atoms with van der Waals surface area (Å²) in [6, 6.07) is 14.6. The van der Waals surface area contributed by atoms with E-state index in [0.29, 0.717) is 11.3 Å². The zero-order chi connectivity index (χ0) is 18.7. The molecular weight excluding hydrogens is 365 g/mol. The van der Waals surface area contributed by atoms with Crippen LogP contribution in [-0.4, -0.2) is 18.0 Å². The van der Waals surface area contributed by atoms with Crippen LogP contribution in [0.25, 0.3) is 10.4 Å². The van der Waals surface area contributed by atoms with E-state index in [2.05, 4.69) is 10.3 Å². The average Bonchev–Trinajstić information content (AvgIpc) is 3.06. The predicted octanol–water partition coefficient (Wildman–Crippen LogP) is 5.09. The second-order valence-electron chi connectivity index (χ2n) is 5.21. The van der Waals surface area contributed by atoms with Gasteiger partial charge < -0.3 is 4.74 Å². The lowest BCUT2D eigenvalue weighted by molar-refractivity contribution is -0.140. The highest BCUT2D eigenvalue weighted by Gasteiger charge is 2.38. The molecular formula is C18H13F3N2O2S. The molecule has 0 aliphatic rings. The van der Waals surface area contributed by atoms with E-state index in [1.165, 1.54) is 13.2 Å². The van der Waals surface area contributed by atoms with Gasteiger partial charge in [0.1, 0.15) is 5.75 Å². The summed E-state index contributed by atoms with van der Waals surface area (Å²) in [4.78, 5) is 15.9. The Morgan fingerprint density at radius 3 is 2.38 bits per heavy atom. The first-order valence-corrected chi connectivity index (χ1v) is 8.29. The van der Waals surface area contributed by atoms with Crippen LogP contribution < -0.4 is 10.1 Å². The molecule has 0 fully saturated rings. The Balaban J connectivity index is 1.97. The number of rotatable bonds is 4. The number of carbonyl (C=O) groups excluding carboxylic acids is 1. The maximum absolute atomic E-state index is 13.3. The number of anilines is 1. The van der Waals surface area contributed by atoms with Crippen LogP contribution in [0.2, 0.25) is 0 Å². The molecule has 0 bridgehead atoms. The average molecular weight is 378 g/mol. The summed E-state index contributed by atoms with van der Waals surface area (Å²) in [5.41, 5.74) is -0.431. The summed E-state index contributed by atoms with van der Waals surface area (Å²) in [6.07, 6.45) is -4.63. The first-order valence-electron chi connectivity index (χ1n) is 7.48. The molecule has 3 aromatic rings. The van der Waals surface area contributed by atoms with Gasteiger partial charge in [0.05, 0.1) is 17.6 Å².